The third-order valence-electron chi connectivity index (χ3n) is 2.87. The number of anilines is 2. The van der Waals surface area contributed by atoms with E-state index in [9.17, 15) is 13.6 Å². The van der Waals surface area contributed by atoms with Gasteiger partial charge >= 0.3 is 0 Å². The van der Waals surface area contributed by atoms with Crippen LogP contribution in [-0.4, -0.2) is 18.0 Å². The average Bonchev–Trinajstić information content (AvgIpc) is 2.28. The first-order valence-corrected chi connectivity index (χ1v) is 5.57. The number of benzene rings is 1. The van der Waals surface area contributed by atoms with Gasteiger partial charge in [0.2, 0.25) is 0 Å². The smallest absolute Gasteiger partial charge is 0.252 e. The molecule has 1 N–H and O–H groups in total. The predicted molar refractivity (Wildman–Crippen MR) is 66.6 cm³/mol. The van der Waals surface area contributed by atoms with Crippen molar-refractivity contribution >= 4 is 17.3 Å². The molecule has 1 aliphatic heterocycles. The predicted octanol–water partition coefficient (Wildman–Crippen LogP) is 2.69. The van der Waals surface area contributed by atoms with Gasteiger partial charge in [0, 0.05) is 18.7 Å². The van der Waals surface area contributed by atoms with Crippen LogP contribution in [0.1, 0.15) is 13.8 Å². The molecule has 0 saturated heterocycles. The second-order valence-corrected chi connectivity index (χ2v) is 4.74. The Hall–Kier alpha value is -1.91. The van der Waals surface area contributed by atoms with Crippen molar-refractivity contribution in [1.82, 2.24) is 0 Å². The maximum Gasteiger partial charge on any atom is 0.252 e. The minimum absolute atomic E-state index is 0.207. The second-order valence-electron chi connectivity index (χ2n) is 4.74. The standard InChI is InChI=1S/C13H14F2N2O/c1-4-5-17-11-7-9(15)8(14)6-10(11)16-13(2,3)12(17)18/h4,6-7,16H,1,5H2,2-3H3. The minimum Gasteiger partial charge on any atom is -0.370 e. The zero-order valence-electron chi connectivity index (χ0n) is 10.3. The molecule has 1 heterocycles. The van der Waals surface area contributed by atoms with Crippen LogP contribution in [0.2, 0.25) is 0 Å². The summed E-state index contributed by atoms with van der Waals surface area (Å²) in [6, 6.07) is 2.09. The number of amides is 1. The highest BCUT2D eigenvalue weighted by atomic mass is 19.2. The number of rotatable bonds is 2. The molecule has 0 aliphatic carbocycles. The van der Waals surface area contributed by atoms with E-state index in [2.05, 4.69) is 11.9 Å². The molecule has 0 radical (unpaired) electrons. The number of nitrogens with one attached hydrogen (secondary N) is 1. The SMILES string of the molecule is C=CCN1C(=O)C(C)(C)Nc2cc(F)c(F)cc21. The Morgan fingerprint density at radius 3 is 2.61 bits per heavy atom. The lowest BCUT2D eigenvalue weighted by Gasteiger charge is -2.39. The van der Waals surface area contributed by atoms with Crippen molar-refractivity contribution in [2.24, 2.45) is 0 Å². The third kappa shape index (κ3) is 1.85. The normalized spacial score (nSPS) is 17.1. The van der Waals surface area contributed by atoms with Gasteiger partial charge in [-0.25, -0.2) is 8.78 Å². The quantitative estimate of drug-likeness (QED) is 0.821. The average molecular weight is 252 g/mol. The van der Waals surface area contributed by atoms with Crippen molar-refractivity contribution in [1.29, 1.82) is 0 Å². The van der Waals surface area contributed by atoms with Gasteiger partial charge in [-0.3, -0.25) is 4.79 Å². The molecule has 1 aromatic rings. The lowest BCUT2D eigenvalue weighted by Crippen LogP contribution is -2.54. The van der Waals surface area contributed by atoms with Gasteiger partial charge in [-0.15, -0.1) is 6.58 Å². The summed E-state index contributed by atoms with van der Waals surface area (Å²) in [5.74, 6) is -2.12. The topological polar surface area (TPSA) is 32.3 Å². The monoisotopic (exact) mass is 252 g/mol. The molecule has 2 rings (SSSR count). The molecular weight excluding hydrogens is 238 g/mol. The van der Waals surface area contributed by atoms with Gasteiger partial charge in [0.05, 0.1) is 11.4 Å². The van der Waals surface area contributed by atoms with Crippen LogP contribution in [-0.2, 0) is 4.79 Å². The molecule has 0 atom stereocenters. The lowest BCUT2D eigenvalue weighted by molar-refractivity contribution is -0.122. The molecule has 0 fully saturated rings. The van der Waals surface area contributed by atoms with Crippen LogP contribution in [0.15, 0.2) is 24.8 Å². The van der Waals surface area contributed by atoms with E-state index in [0.717, 1.165) is 12.1 Å². The Labute approximate surface area is 104 Å². The Kier molecular flexibility index (Phi) is 2.84. The largest absolute Gasteiger partial charge is 0.370 e. The summed E-state index contributed by atoms with van der Waals surface area (Å²) in [5, 5.41) is 2.91. The van der Waals surface area contributed by atoms with Gasteiger partial charge in [0.25, 0.3) is 5.91 Å². The maximum atomic E-state index is 13.3. The van der Waals surface area contributed by atoms with Crippen molar-refractivity contribution in [3.8, 4) is 0 Å². The van der Waals surface area contributed by atoms with Crippen LogP contribution in [0.25, 0.3) is 0 Å². The number of carbonyl (C=O) groups excluding carboxylic acids is 1. The Balaban J connectivity index is 2.59. The van der Waals surface area contributed by atoms with Gasteiger partial charge in [-0.1, -0.05) is 6.08 Å². The molecule has 3 nitrogen and oxygen atoms in total. The fraction of sp³-hybridized carbons (Fsp3) is 0.308. The van der Waals surface area contributed by atoms with Crippen LogP contribution in [0.3, 0.4) is 0 Å². The van der Waals surface area contributed by atoms with E-state index in [1.54, 1.807) is 19.9 Å². The molecule has 1 amide bonds. The molecule has 0 spiro atoms. The summed E-state index contributed by atoms with van der Waals surface area (Å²) < 4.78 is 26.5. The van der Waals surface area contributed by atoms with Crippen LogP contribution >= 0.6 is 0 Å². The Morgan fingerprint density at radius 1 is 1.39 bits per heavy atom. The Morgan fingerprint density at radius 2 is 2.00 bits per heavy atom. The van der Waals surface area contributed by atoms with E-state index >= 15 is 0 Å². The fourth-order valence-electron chi connectivity index (χ4n) is 2.01. The van der Waals surface area contributed by atoms with Crippen LogP contribution in [0.5, 0.6) is 0 Å². The number of carbonyl (C=O) groups is 1. The number of nitrogens with zero attached hydrogens (tertiary/aromatic N) is 1. The Bertz CT molecular complexity index is 526. The molecule has 0 aromatic heterocycles. The molecular formula is C13H14F2N2O. The zero-order valence-corrected chi connectivity index (χ0v) is 10.3. The lowest BCUT2D eigenvalue weighted by atomic mass is 9.98. The van der Waals surface area contributed by atoms with Crippen molar-refractivity contribution in [2.75, 3.05) is 16.8 Å². The molecule has 0 bridgehead atoms. The molecule has 1 aromatic carbocycles. The second kappa shape index (κ2) is 4.08. The zero-order chi connectivity index (χ0) is 13.5. The highest BCUT2D eigenvalue weighted by Gasteiger charge is 2.38. The highest BCUT2D eigenvalue weighted by Crippen LogP contribution is 2.36. The summed E-state index contributed by atoms with van der Waals surface area (Å²) in [6.07, 6.45) is 1.55. The molecule has 0 saturated carbocycles. The van der Waals surface area contributed by atoms with Gasteiger partial charge in [0.1, 0.15) is 5.54 Å². The first kappa shape index (κ1) is 12.5. The van der Waals surface area contributed by atoms with E-state index in [1.807, 2.05) is 0 Å². The molecule has 18 heavy (non-hydrogen) atoms. The number of fused-ring (bicyclic) bond motifs is 1. The first-order valence-electron chi connectivity index (χ1n) is 5.57. The van der Waals surface area contributed by atoms with Crippen molar-refractivity contribution in [3.63, 3.8) is 0 Å². The van der Waals surface area contributed by atoms with Gasteiger partial charge in [-0.2, -0.15) is 0 Å². The van der Waals surface area contributed by atoms with Gasteiger partial charge in [-0.05, 0) is 13.8 Å². The van der Waals surface area contributed by atoms with Crippen molar-refractivity contribution < 1.29 is 13.6 Å². The summed E-state index contributed by atoms with van der Waals surface area (Å²) in [5.41, 5.74) is -0.126. The first-order chi connectivity index (χ1) is 8.36. The van der Waals surface area contributed by atoms with Gasteiger partial charge < -0.3 is 10.2 Å². The summed E-state index contributed by atoms with van der Waals surface area (Å²) in [6.45, 7) is 7.20. The van der Waals surface area contributed by atoms with Crippen LogP contribution in [0, 0.1) is 11.6 Å². The number of hydrogen-bond acceptors (Lipinski definition) is 2. The summed E-state index contributed by atoms with van der Waals surface area (Å²) >= 11 is 0. The maximum absolute atomic E-state index is 13.3. The van der Waals surface area contributed by atoms with Gasteiger partial charge in [0.15, 0.2) is 11.6 Å². The molecule has 96 valence electrons. The van der Waals surface area contributed by atoms with E-state index in [1.165, 1.54) is 4.90 Å². The summed E-state index contributed by atoms with van der Waals surface area (Å²) in [4.78, 5) is 13.6. The molecule has 0 unspecified atom stereocenters. The minimum atomic E-state index is -0.975. The van der Waals surface area contributed by atoms with Crippen molar-refractivity contribution in [2.45, 2.75) is 19.4 Å². The molecule has 5 heteroatoms. The van der Waals surface area contributed by atoms with Crippen LogP contribution in [0.4, 0.5) is 20.2 Å². The number of halogens is 2. The van der Waals surface area contributed by atoms with Crippen LogP contribution < -0.4 is 10.2 Å². The number of hydrogen-bond donors (Lipinski definition) is 1. The van der Waals surface area contributed by atoms with Crippen molar-refractivity contribution in [3.05, 3.63) is 36.4 Å². The third-order valence-corrected chi connectivity index (χ3v) is 2.87. The van der Waals surface area contributed by atoms with E-state index in [0.29, 0.717) is 11.4 Å². The summed E-state index contributed by atoms with van der Waals surface area (Å²) in [7, 11) is 0. The molecule has 1 aliphatic rings. The van der Waals surface area contributed by atoms with E-state index < -0.39 is 17.2 Å². The van der Waals surface area contributed by atoms with E-state index in [-0.39, 0.29) is 12.5 Å². The fourth-order valence-corrected chi connectivity index (χ4v) is 2.01. The highest BCUT2D eigenvalue weighted by molar-refractivity contribution is 6.07. The van der Waals surface area contributed by atoms with E-state index in [4.69, 9.17) is 0 Å².